The Morgan fingerprint density at radius 3 is 2.50 bits per heavy atom. The average Bonchev–Trinajstić information content (AvgIpc) is 2.66. The van der Waals surface area contributed by atoms with Gasteiger partial charge >= 0.3 is 0 Å². The summed E-state index contributed by atoms with van der Waals surface area (Å²) in [6.45, 7) is 7.80. The van der Waals surface area contributed by atoms with Crippen molar-refractivity contribution in [1.82, 2.24) is 5.32 Å². The van der Waals surface area contributed by atoms with Gasteiger partial charge < -0.3 is 15.4 Å². The predicted octanol–water partition coefficient (Wildman–Crippen LogP) is 3.71. The molecule has 0 aliphatic carbocycles. The minimum absolute atomic E-state index is 0.270. The molecule has 2 amide bonds. The fourth-order valence-electron chi connectivity index (χ4n) is 2.37. The van der Waals surface area contributed by atoms with Crippen LogP contribution in [-0.4, -0.2) is 24.5 Å². The Kier molecular flexibility index (Phi) is 6.97. The number of hydrogen-bond donors (Lipinski definition) is 2. The number of benzene rings is 2. The standard InChI is InChI=1S/C21H24N2O3/c1-4-14-22-20(24)17-8-6-7-9-18(17)23-21(25)19(5-2)26-16-12-10-15(3)11-13-16/h4,6-13,19H,1,5,14H2,2-3H3,(H,22,24)(H,23,25). The third-order valence-corrected chi connectivity index (χ3v) is 3.80. The molecule has 5 nitrogen and oxygen atoms in total. The van der Waals surface area contributed by atoms with E-state index in [9.17, 15) is 9.59 Å². The van der Waals surface area contributed by atoms with E-state index in [4.69, 9.17) is 4.74 Å². The zero-order chi connectivity index (χ0) is 18.9. The molecule has 1 atom stereocenters. The minimum Gasteiger partial charge on any atom is -0.481 e. The van der Waals surface area contributed by atoms with Gasteiger partial charge in [-0.1, -0.05) is 42.8 Å². The Balaban J connectivity index is 2.11. The molecule has 2 N–H and O–H groups in total. The molecule has 136 valence electrons. The van der Waals surface area contributed by atoms with Gasteiger partial charge in [-0.25, -0.2) is 0 Å². The lowest BCUT2D eigenvalue weighted by molar-refractivity contribution is -0.122. The van der Waals surface area contributed by atoms with Crippen molar-refractivity contribution in [3.8, 4) is 5.75 Å². The fourth-order valence-corrected chi connectivity index (χ4v) is 2.37. The van der Waals surface area contributed by atoms with Crippen LogP contribution in [0.3, 0.4) is 0 Å². The number of amides is 2. The number of rotatable bonds is 8. The Hall–Kier alpha value is -3.08. The number of anilines is 1. The van der Waals surface area contributed by atoms with Crippen LogP contribution in [-0.2, 0) is 4.79 Å². The van der Waals surface area contributed by atoms with Gasteiger partial charge in [-0.05, 0) is 37.6 Å². The molecule has 0 spiro atoms. The molecule has 0 bridgehead atoms. The van der Waals surface area contributed by atoms with Gasteiger partial charge in [0.1, 0.15) is 5.75 Å². The van der Waals surface area contributed by atoms with Crippen molar-refractivity contribution in [3.63, 3.8) is 0 Å². The molecule has 5 heteroatoms. The van der Waals surface area contributed by atoms with E-state index < -0.39 is 6.10 Å². The maximum atomic E-state index is 12.6. The Morgan fingerprint density at radius 2 is 1.85 bits per heavy atom. The van der Waals surface area contributed by atoms with Crippen LogP contribution in [0.2, 0.25) is 0 Å². The first kappa shape index (κ1) is 19.2. The zero-order valence-electron chi connectivity index (χ0n) is 15.1. The van der Waals surface area contributed by atoms with Gasteiger partial charge in [0, 0.05) is 6.54 Å². The number of aryl methyl sites for hydroxylation is 1. The van der Waals surface area contributed by atoms with Crippen LogP contribution in [0.15, 0.2) is 61.2 Å². The first-order valence-electron chi connectivity index (χ1n) is 8.57. The normalized spacial score (nSPS) is 11.3. The summed E-state index contributed by atoms with van der Waals surface area (Å²) in [5.41, 5.74) is 1.97. The van der Waals surface area contributed by atoms with Crippen LogP contribution in [0.5, 0.6) is 5.75 Å². The maximum absolute atomic E-state index is 12.6. The Labute approximate surface area is 154 Å². The highest BCUT2D eigenvalue weighted by Gasteiger charge is 2.20. The van der Waals surface area contributed by atoms with Crippen molar-refractivity contribution < 1.29 is 14.3 Å². The summed E-state index contributed by atoms with van der Waals surface area (Å²) < 4.78 is 5.79. The average molecular weight is 352 g/mol. The van der Waals surface area contributed by atoms with E-state index in [0.29, 0.717) is 30.0 Å². The van der Waals surface area contributed by atoms with Gasteiger partial charge in [-0.3, -0.25) is 9.59 Å². The van der Waals surface area contributed by atoms with Crippen LogP contribution in [0, 0.1) is 6.92 Å². The van der Waals surface area contributed by atoms with E-state index >= 15 is 0 Å². The maximum Gasteiger partial charge on any atom is 0.265 e. The molecular formula is C21H24N2O3. The molecule has 0 aromatic heterocycles. The van der Waals surface area contributed by atoms with Crippen molar-refractivity contribution in [2.75, 3.05) is 11.9 Å². The smallest absolute Gasteiger partial charge is 0.265 e. The Bertz CT molecular complexity index is 769. The summed E-state index contributed by atoms with van der Waals surface area (Å²) in [6.07, 6.45) is 1.45. The third-order valence-electron chi connectivity index (χ3n) is 3.80. The lowest BCUT2D eigenvalue weighted by atomic mass is 10.1. The SMILES string of the molecule is C=CCNC(=O)c1ccccc1NC(=O)C(CC)Oc1ccc(C)cc1. The van der Waals surface area contributed by atoms with Gasteiger partial charge in [0.15, 0.2) is 6.10 Å². The largest absolute Gasteiger partial charge is 0.481 e. The third kappa shape index (κ3) is 5.21. The van der Waals surface area contributed by atoms with Crippen LogP contribution < -0.4 is 15.4 Å². The molecule has 2 aromatic rings. The highest BCUT2D eigenvalue weighted by molar-refractivity contribution is 6.04. The topological polar surface area (TPSA) is 67.4 Å². The van der Waals surface area contributed by atoms with Gasteiger partial charge in [0.2, 0.25) is 0 Å². The number of ether oxygens (including phenoxy) is 1. The second-order valence-corrected chi connectivity index (χ2v) is 5.86. The molecule has 0 fully saturated rings. The molecule has 0 saturated heterocycles. The molecule has 0 aliphatic rings. The number of carbonyl (C=O) groups is 2. The van der Waals surface area contributed by atoms with Crippen molar-refractivity contribution in [3.05, 3.63) is 72.3 Å². The van der Waals surface area contributed by atoms with E-state index in [1.54, 1.807) is 30.3 Å². The quantitative estimate of drug-likeness (QED) is 0.712. The molecule has 0 heterocycles. The van der Waals surface area contributed by atoms with Crippen LogP contribution in [0.25, 0.3) is 0 Å². The Morgan fingerprint density at radius 1 is 1.15 bits per heavy atom. The van der Waals surface area contributed by atoms with E-state index in [2.05, 4.69) is 17.2 Å². The molecule has 0 aliphatic heterocycles. The van der Waals surface area contributed by atoms with E-state index in [0.717, 1.165) is 5.56 Å². The monoisotopic (exact) mass is 352 g/mol. The van der Waals surface area contributed by atoms with E-state index in [-0.39, 0.29) is 11.8 Å². The summed E-state index contributed by atoms with van der Waals surface area (Å²) in [6, 6.07) is 14.4. The van der Waals surface area contributed by atoms with E-state index in [1.807, 2.05) is 38.1 Å². The molecule has 1 unspecified atom stereocenters. The summed E-state index contributed by atoms with van der Waals surface area (Å²) in [7, 11) is 0. The number of hydrogen-bond acceptors (Lipinski definition) is 3. The van der Waals surface area contributed by atoms with E-state index in [1.165, 1.54) is 0 Å². The molecule has 0 radical (unpaired) electrons. The van der Waals surface area contributed by atoms with Crippen molar-refractivity contribution in [1.29, 1.82) is 0 Å². The molecule has 0 saturated carbocycles. The lowest BCUT2D eigenvalue weighted by Gasteiger charge is -2.18. The highest BCUT2D eigenvalue weighted by atomic mass is 16.5. The number of carbonyl (C=O) groups excluding carboxylic acids is 2. The van der Waals surface area contributed by atoms with Gasteiger partial charge in [0.05, 0.1) is 11.3 Å². The van der Waals surface area contributed by atoms with Crippen molar-refractivity contribution in [2.45, 2.75) is 26.4 Å². The summed E-state index contributed by atoms with van der Waals surface area (Å²) in [5.74, 6) is 0.0694. The predicted molar refractivity (Wildman–Crippen MR) is 103 cm³/mol. The second kappa shape index (κ2) is 9.42. The van der Waals surface area contributed by atoms with Crippen LogP contribution >= 0.6 is 0 Å². The number of nitrogens with one attached hydrogen (secondary N) is 2. The number of para-hydroxylation sites is 1. The minimum atomic E-state index is -0.651. The first-order chi connectivity index (χ1) is 12.5. The lowest BCUT2D eigenvalue weighted by Crippen LogP contribution is -2.33. The molecular weight excluding hydrogens is 328 g/mol. The van der Waals surface area contributed by atoms with Crippen LogP contribution in [0.4, 0.5) is 5.69 Å². The van der Waals surface area contributed by atoms with Crippen molar-refractivity contribution in [2.24, 2.45) is 0 Å². The van der Waals surface area contributed by atoms with Gasteiger partial charge in [-0.15, -0.1) is 6.58 Å². The van der Waals surface area contributed by atoms with Gasteiger partial charge in [-0.2, -0.15) is 0 Å². The summed E-state index contributed by atoms with van der Waals surface area (Å²) >= 11 is 0. The van der Waals surface area contributed by atoms with Crippen LogP contribution in [0.1, 0.15) is 29.3 Å². The van der Waals surface area contributed by atoms with Gasteiger partial charge in [0.25, 0.3) is 11.8 Å². The van der Waals surface area contributed by atoms with Crippen molar-refractivity contribution >= 4 is 17.5 Å². The first-order valence-corrected chi connectivity index (χ1v) is 8.57. The zero-order valence-corrected chi connectivity index (χ0v) is 15.1. The summed E-state index contributed by atoms with van der Waals surface area (Å²) in [4.78, 5) is 24.8. The highest BCUT2D eigenvalue weighted by Crippen LogP contribution is 2.18. The second-order valence-electron chi connectivity index (χ2n) is 5.86. The molecule has 2 rings (SSSR count). The summed E-state index contributed by atoms with van der Waals surface area (Å²) in [5, 5.41) is 5.51. The fraction of sp³-hybridized carbons (Fsp3) is 0.238. The molecule has 2 aromatic carbocycles. The molecule has 26 heavy (non-hydrogen) atoms.